The van der Waals surface area contributed by atoms with Crippen LogP contribution in [0, 0.1) is 0 Å². The van der Waals surface area contributed by atoms with Crippen LogP contribution in [0.15, 0.2) is 11.7 Å². The van der Waals surface area contributed by atoms with Crippen LogP contribution < -0.4 is 5.32 Å². The van der Waals surface area contributed by atoms with E-state index < -0.39 is 0 Å². The molecule has 15 heavy (non-hydrogen) atoms. The molecule has 2 rings (SSSR count). The molecule has 1 fully saturated rings. The summed E-state index contributed by atoms with van der Waals surface area (Å²) in [5.74, 6) is 0. The zero-order chi connectivity index (χ0) is 10.5. The van der Waals surface area contributed by atoms with E-state index in [1.807, 2.05) is 11.7 Å². The fourth-order valence-electron chi connectivity index (χ4n) is 1.57. The van der Waals surface area contributed by atoms with Gasteiger partial charge in [-0.15, -0.1) is 11.3 Å². The number of nitrogens with one attached hydrogen (secondary N) is 1. The van der Waals surface area contributed by atoms with Crippen molar-refractivity contribution < 1.29 is 9.47 Å². The van der Waals surface area contributed by atoms with Crippen molar-refractivity contribution in [3.8, 4) is 0 Å². The zero-order valence-corrected chi connectivity index (χ0v) is 9.63. The van der Waals surface area contributed by atoms with Gasteiger partial charge in [-0.2, -0.15) is 0 Å². The van der Waals surface area contributed by atoms with Crippen LogP contribution in [0.5, 0.6) is 0 Å². The summed E-state index contributed by atoms with van der Waals surface area (Å²) in [5, 5.41) is 3.31. The number of hydrogen-bond donors (Lipinski definition) is 1. The van der Waals surface area contributed by atoms with Crippen LogP contribution >= 0.6 is 11.3 Å². The lowest BCUT2D eigenvalue weighted by molar-refractivity contribution is -0.0713. The molecular weight excluding hydrogens is 212 g/mol. The van der Waals surface area contributed by atoms with Gasteiger partial charge < -0.3 is 14.8 Å². The van der Waals surface area contributed by atoms with Gasteiger partial charge in [0, 0.05) is 19.3 Å². The summed E-state index contributed by atoms with van der Waals surface area (Å²) in [5.41, 5.74) is 1.82. The Morgan fingerprint density at radius 2 is 2.60 bits per heavy atom. The quantitative estimate of drug-likeness (QED) is 0.836. The van der Waals surface area contributed by atoms with Gasteiger partial charge in [0.05, 0.1) is 35.8 Å². The SMILES string of the molecule is CC1CNCC(COCc2cncs2)O1. The molecule has 2 heterocycles. The van der Waals surface area contributed by atoms with E-state index in [-0.39, 0.29) is 12.2 Å². The van der Waals surface area contributed by atoms with Gasteiger partial charge in [-0.25, -0.2) is 0 Å². The van der Waals surface area contributed by atoms with Gasteiger partial charge in [-0.3, -0.25) is 4.98 Å². The number of morpholine rings is 1. The highest BCUT2D eigenvalue weighted by Crippen LogP contribution is 2.09. The monoisotopic (exact) mass is 228 g/mol. The van der Waals surface area contributed by atoms with Gasteiger partial charge in [-0.05, 0) is 6.92 Å². The number of ether oxygens (including phenoxy) is 2. The molecule has 1 N–H and O–H groups in total. The Balaban J connectivity index is 1.65. The molecule has 0 bridgehead atoms. The Morgan fingerprint density at radius 1 is 1.67 bits per heavy atom. The van der Waals surface area contributed by atoms with Gasteiger partial charge in [0.15, 0.2) is 0 Å². The molecule has 1 aromatic heterocycles. The van der Waals surface area contributed by atoms with E-state index in [4.69, 9.17) is 9.47 Å². The minimum atomic E-state index is 0.182. The van der Waals surface area contributed by atoms with Gasteiger partial charge >= 0.3 is 0 Å². The van der Waals surface area contributed by atoms with E-state index in [9.17, 15) is 0 Å². The highest BCUT2D eigenvalue weighted by atomic mass is 32.1. The van der Waals surface area contributed by atoms with Crippen LogP contribution in [-0.4, -0.2) is 36.9 Å². The van der Waals surface area contributed by atoms with Crippen LogP contribution in [0.1, 0.15) is 11.8 Å². The second-order valence-electron chi connectivity index (χ2n) is 3.71. The second-order valence-corrected chi connectivity index (χ2v) is 4.68. The van der Waals surface area contributed by atoms with Crippen LogP contribution in [0.4, 0.5) is 0 Å². The summed E-state index contributed by atoms with van der Waals surface area (Å²) < 4.78 is 11.3. The van der Waals surface area contributed by atoms with E-state index in [2.05, 4.69) is 17.2 Å². The Labute approximate surface area is 93.6 Å². The lowest BCUT2D eigenvalue weighted by atomic mass is 10.2. The van der Waals surface area contributed by atoms with Crippen molar-refractivity contribution in [3.63, 3.8) is 0 Å². The van der Waals surface area contributed by atoms with Gasteiger partial charge in [0.1, 0.15) is 0 Å². The average Bonchev–Trinajstić information content (AvgIpc) is 2.71. The van der Waals surface area contributed by atoms with E-state index in [1.54, 1.807) is 11.3 Å². The summed E-state index contributed by atoms with van der Waals surface area (Å²) in [6.45, 7) is 5.18. The molecule has 84 valence electrons. The Bertz CT molecular complexity index is 279. The van der Waals surface area contributed by atoms with E-state index in [0.717, 1.165) is 18.0 Å². The molecule has 0 aromatic carbocycles. The summed E-state index contributed by atoms with van der Waals surface area (Å²) >= 11 is 1.62. The van der Waals surface area contributed by atoms with Crippen molar-refractivity contribution >= 4 is 11.3 Å². The predicted molar refractivity (Wildman–Crippen MR) is 59.0 cm³/mol. The lowest BCUT2D eigenvalue weighted by Crippen LogP contribution is -2.45. The fourth-order valence-corrected chi connectivity index (χ4v) is 2.11. The molecule has 2 atom stereocenters. The van der Waals surface area contributed by atoms with Crippen LogP contribution in [0.2, 0.25) is 0 Å². The smallest absolute Gasteiger partial charge is 0.0936 e. The third-order valence-electron chi connectivity index (χ3n) is 2.26. The van der Waals surface area contributed by atoms with Gasteiger partial charge in [0.25, 0.3) is 0 Å². The molecule has 4 nitrogen and oxygen atoms in total. The van der Waals surface area contributed by atoms with E-state index in [1.165, 1.54) is 0 Å². The third-order valence-corrected chi connectivity index (χ3v) is 3.01. The average molecular weight is 228 g/mol. The molecule has 1 aliphatic heterocycles. The number of rotatable bonds is 4. The first-order valence-corrected chi connectivity index (χ1v) is 6.04. The summed E-state index contributed by atoms with van der Waals surface area (Å²) in [6.07, 6.45) is 2.31. The molecule has 1 aliphatic rings. The highest BCUT2D eigenvalue weighted by molar-refractivity contribution is 7.09. The van der Waals surface area contributed by atoms with Crippen molar-refractivity contribution in [3.05, 3.63) is 16.6 Å². The molecule has 0 amide bonds. The van der Waals surface area contributed by atoms with Crippen molar-refractivity contribution in [2.45, 2.75) is 25.7 Å². The van der Waals surface area contributed by atoms with E-state index in [0.29, 0.717) is 13.2 Å². The topological polar surface area (TPSA) is 43.4 Å². The molecule has 0 aliphatic carbocycles. The fraction of sp³-hybridized carbons (Fsp3) is 0.700. The van der Waals surface area contributed by atoms with Crippen molar-refractivity contribution in [1.82, 2.24) is 10.3 Å². The molecule has 0 radical (unpaired) electrons. The van der Waals surface area contributed by atoms with Crippen molar-refractivity contribution in [1.29, 1.82) is 0 Å². The van der Waals surface area contributed by atoms with Crippen LogP contribution in [0.25, 0.3) is 0 Å². The standard InChI is InChI=1S/C10H16N2O2S/c1-8-2-11-3-9(14-8)5-13-6-10-4-12-7-15-10/h4,7-9,11H,2-3,5-6H2,1H3. The second kappa shape index (κ2) is 5.55. The maximum Gasteiger partial charge on any atom is 0.0936 e. The number of aromatic nitrogens is 1. The van der Waals surface area contributed by atoms with Gasteiger partial charge in [-0.1, -0.05) is 0 Å². The van der Waals surface area contributed by atoms with Crippen LogP contribution in [-0.2, 0) is 16.1 Å². The largest absolute Gasteiger partial charge is 0.373 e. The summed E-state index contributed by atoms with van der Waals surface area (Å²) in [7, 11) is 0. The maximum absolute atomic E-state index is 5.71. The Kier molecular flexibility index (Phi) is 4.08. The third kappa shape index (κ3) is 3.53. The normalized spacial score (nSPS) is 26.7. The first-order valence-electron chi connectivity index (χ1n) is 5.16. The summed E-state index contributed by atoms with van der Waals surface area (Å²) in [4.78, 5) is 5.15. The maximum atomic E-state index is 5.71. The lowest BCUT2D eigenvalue weighted by Gasteiger charge is -2.28. The van der Waals surface area contributed by atoms with E-state index >= 15 is 0 Å². The number of thiazole rings is 1. The minimum Gasteiger partial charge on any atom is -0.373 e. The van der Waals surface area contributed by atoms with Crippen LogP contribution in [0.3, 0.4) is 0 Å². The molecule has 5 heteroatoms. The zero-order valence-electron chi connectivity index (χ0n) is 8.81. The first kappa shape index (κ1) is 11.0. The first-order chi connectivity index (χ1) is 7.34. The van der Waals surface area contributed by atoms with Crippen molar-refractivity contribution in [2.24, 2.45) is 0 Å². The Morgan fingerprint density at radius 3 is 3.33 bits per heavy atom. The Hall–Kier alpha value is -0.490. The van der Waals surface area contributed by atoms with Gasteiger partial charge in [0.2, 0.25) is 0 Å². The minimum absolute atomic E-state index is 0.182. The number of hydrogen-bond acceptors (Lipinski definition) is 5. The molecule has 0 spiro atoms. The highest BCUT2D eigenvalue weighted by Gasteiger charge is 2.18. The predicted octanol–water partition coefficient (Wildman–Crippen LogP) is 1.04. The summed E-state index contributed by atoms with van der Waals surface area (Å²) in [6, 6.07) is 0. The van der Waals surface area contributed by atoms with Crippen molar-refractivity contribution in [2.75, 3.05) is 19.7 Å². The molecule has 2 unspecified atom stereocenters. The molecule has 1 aromatic rings. The number of nitrogens with zero attached hydrogens (tertiary/aromatic N) is 1. The molecule has 1 saturated heterocycles. The molecule has 0 saturated carbocycles. The molecular formula is C10H16N2O2S.